The van der Waals surface area contributed by atoms with Gasteiger partial charge >= 0.3 is 12.4 Å². The van der Waals surface area contributed by atoms with Gasteiger partial charge in [-0.05, 0) is 112 Å². The summed E-state index contributed by atoms with van der Waals surface area (Å²) in [6.07, 6.45) is -2.04. The molecular formula is C48H54Cl4F6N12O2. The summed E-state index contributed by atoms with van der Waals surface area (Å²) in [6.45, 7) is 12.2. The van der Waals surface area contributed by atoms with Crippen molar-refractivity contribution in [2.45, 2.75) is 64.0 Å². The van der Waals surface area contributed by atoms with Crippen molar-refractivity contribution < 1.29 is 36.6 Å². The van der Waals surface area contributed by atoms with Crippen LogP contribution in [0.1, 0.15) is 74.1 Å². The van der Waals surface area contributed by atoms with E-state index >= 15 is 0 Å². The van der Waals surface area contributed by atoms with Gasteiger partial charge in [0.15, 0.2) is 22.7 Å². The molecule has 0 radical (unpaired) electrons. The van der Waals surface area contributed by atoms with E-state index in [-0.39, 0.29) is 35.5 Å². The van der Waals surface area contributed by atoms with Crippen molar-refractivity contribution in [1.82, 2.24) is 49.3 Å². The van der Waals surface area contributed by atoms with Crippen LogP contribution in [0.5, 0.6) is 0 Å². The van der Waals surface area contributed by atoms with Crippen LogP contribution in [0.25, 0.3) is 22.3 Å². The zero-order valence-corrected chi connectivity index (χ0v) is 42.5. The molecule has 4 atom stereocenters. The molecule has 14 nitrogen and oxygen atoms in total. The van der Waals surface area contributed by atoms with Gasteiger partial charge in [-0.2, -0.15) is 36.5 Å². The lowest BCUT2D eigenvalue weighted by Gasteiger charge is -2.47. The van der Waals surface area contributed by atoms with E-state index in [2.05, 4.69) is 39.9 Å². The number of fused-ring (bicyclic) bond motifs is 2. The summed E-state index contributed by atoms with van der Waals surface area (Å²) in [5.41, 5.74) is -1.41. The van der Waals surface area contributed by atoms with Crippen LogP contribution in [0.3, 0.4) is 0 Å². The lowest BCUT2D eigenvalue weighted by Crippen LogP contribution is -2.54. The first-order valence-electron chi connectivity index (χ1n) is 24.0. The molecule has 4 saturated heterocycles. The van der Waals surface area contributed by atoms with Crippen LogP contribution in [-0.2, 0) is 12.4 Å². The van der Waals surface area contributed by atoms with Gasteiger partial charge in [-0.25, -0.2) is 29.3 Å². The second-order valence-electron chi connectivity index (χ2n) is 19.2. The number of nitrogens with zero attached hydrogens (tertiary/aromatic N) is 12. The van der Waals surface area contributed by atoms with Crippen molar-refractivity contribution >= 4 is 80.4 Å². The smallest absolute Gasteiger partial charge is 0.395 e. The fourth-order valence-electron chi connectivity index (χ4n) is 10.6. The molecule has 6 aromatic rings. The number of aliphatic hydroxyl groups excluding tert-OH is 2. The Morgan fingerprint density at radius 3 is 1.32 bits per heavy atom. The molecule has 4 aliphatic rings. The minimum absolute atomic E-state index is 0.0635. The fraction of sp³-hybridized carbons (Fsp3) is 0.542. The van der Waals surface area contributed by atoms with Crippen LogP contribution in [0.15, 0.2) is 48.8 Å². The number of aliphatic hydroxyl groups is 2. The Labute approximate surface area is 431 Å². The van der Waals surface area contributed by atoms with E-state index in [1.807, 2.05) is 9.80 Å². The minimum atomic E-state index is -4.67. The van der Waals surface area contributed by atoms with Crippen molar-refractivity contribution in [3.05, 3.63) is 91.4 Å². The van der Waals surface area contributed by atoms with Crippen molar-refractivity contribution in [1.29, 1.82) is 0 Å². The van der Waals surface area contributed by atoms with Gasteiger partial charge in [0.1, 0.15) is 22.7 Å². The van der Waals surface area contributed by atoms with Crippen LogP contribution >= 0.6 is 46.4 Å². The molecule has 0 saturated carbocycles. The minimum Gasteiger partial charge on any atom is -0.395 e. The third-order valence-corrected chi connectivity index (χ3v) is 15.7. The van der Waals surface area contributed by atoms with Gasteiger partial charge in [-0.1, -0.05) is 58.5 Å². The van der Waals surface area contributed by atoms with E-state index in [0.717, 1.165) is 78.0 Å². The van der Waals surface area contributed by atoms with Gasteiger partial charge in [-0.3, -0.25) is 0 Å². The quantitative estimate of drug-likeness (QED) is 0.113. The molecular weight excluding hydrogens is 1030 g/mol. The zero-order valence-electron chi connectivity index (χ0n) is 39.4. The molecule has 388 valence electrons. The van der Waals surface area contributed by atoms with Crippen molar-refractivity contribution in [2.75, 3.05) is 88.5 Å². The highest BCUT2D eigenvalue weighted by molar-refractivity contribution is 6.35. The number of likely N-dealkylation sites (tertiary alicyclic amines) is 2. The van der Waals surface area contributed by atoms with E-state index < -0.39 is 35.8 Å². The van der Waals surface area contributed by atoms with Crippen LogP contribution in [0.4, 0.5) is 38.0 Å². The number of piperidine rings is 2. The van der Waals surface area contributed by atoms with E-state index in [1.165, 1.54) is 21.8 Å². The lowest BCUT2D eigenvalue weighted by molar-refractivity contribution is -0.141. The number of alkyl halides is 6. The maximum absolute atomic E-state index is 13.8. The summed E-state index contributed by atoms with van der Waals surface area (Å²) >= 11 is 24.7. The molecule has 72 heavy (non-hydrogen) atoms. The van der Waals surface area contributed by atoms with Gasteiger partial charge in [-0.15, -0.1) is 0 Å². The highest BCUT2D eigenvalue weighted by atomic mass is 35.5. The van der Waals surface area contributed by atoms with Crippen molar-refractivity contribution in [2.24, 2.45) is 23.7 Å². The number of hydrogen-bond donors (Lipinski definition) is 2. The molecule has 0 aliphatic carbocycles. The first-order chi connectivity index (χ1) is 34.3. The zero-order chi connectivity index (χ0) is 51.2. The summed E-state index contributed by atoms with van der Waals surface area (Å²) < 4.78 is 85.2. The maximum atomic E-state index is 13.8. The Hall–Kier alpha value is -4.28. The number of benzene rings is 2. The fourth-order valence-corrected chi connectivity index (χ4v) is 11.7. The van der Waals surface area contributed by atoms with Crippen LogP contribution in [0, 0.1) is 23.7 Å². The van der Waals surface area contributed by atoms with Gasteiger partial charge in [0.2, 0.25) is 0 Å². The van der Waals surface area contributed by atoms with E-state index in [4.69, 9.17) is 46.4 Å². The third kappa shape index (κ3) is 11.1. The molecule has 10 rings (SSSR count). The monoisotopic (exact) mass is 1080 g/mol. The molecule has 0 bridgehead atoms. The maximum Gasteiger partial charge on any atom is 0.437 e. The summed E-state index contributed by atoms with van der Waals surface area (Å²) in [4.78, 5) is 26.2. The normalized spacial score (nSPS) is 20.6. The Balaban J connectivity index is 0.000000178. The Morgan fingerprint density at radius 1 is 0.583 bits per heavy atom. The van der Waals surface area contributed by atoms with Gasteiger partial charge in [0.25, 0.3) is 0 Å². The second-order valence-corrected chi connectivity index (χ2v) is 20.9. The average molecular weight is 1090 g/mol. The molecule has 2 N–H and O–H groups in total. The number of rotatable bonds is 12. The topological polar surface area (TPSA) is 141 Å². The highest BCUT2D eigenvalue weighted by Gasteiger charge is 2.43. The summed E-state index contributed by atoms with van der Waals surface area (Å²) in [5.74, 6) is 3.09. The first-order valence-corrected chi connectivity index (χ1v) is 25.5. The molecule has 0 spiro atoms. The number of aromatic nitrogens is 8. The molecule has 0 amide bonds. The van der Waals surface area contributed by atoms with E-state index in [0.29, 0.717) is 79.6 Å². The Kier molecular flexibility index (Phi) is 15.7. The molecule has 24 heteroatoms. The molecule has 4 fully saturated rings. The number of halogens is 10. The molecule has 2 unspecified atom stereocenters. The molecule has 4 aliphatic heterocycles. The summed E-state index contributed by atoms with van der Waals surface area (Å²) in [6, 6.07) is 8.49. The summed E-state index contributed by atoms with van der Waals surface area (Å²) in [5, 5.41) is 27.8. The van der Waals surface area contributed by atoms with Crippen LogP contribution in [-0.4, -0.2) is 138 Å². The van der Waals surface area contributed by atoms with Crippen LogP contribution in [0.2, 0.25) is 20.1 Å². The molecule has 2 aromatic carbocycles. The molecule has 8 heterocycles. The van der Waals surface area contributed by atoms with Crippen LogP contribution < -0.4 is 9.80 Å². The van der Waals surface area contributed by atoms with E-state index in [9.17, 15) is 36.6 Å². The predicted octanol–water partition coefficient (Wildman–Crippen LogP) is 9.80. The second kappa shape index (κ2) is 21.5. The predicted molar refractivity (Wildman–Crippen MR) is 265 cm³/mol. The number of hydrogen-bond acceptors (Lipinski definition) is 12. The Bertz CT molecular complexity index is 2680. The van der Waals surface area contributed by atoms with Crippen molar-refractivity contribution in [3.63, 3.8) is 0 Å². The van der Waals surface area contributed by atoms with Gasteiger partial charge < -0.3 is 29.8 Å². The highest BCUT2D eigenvalue weighted by Crippen LogP contribution is 2.41. The number of β-amino-alcohol motifs (C(OH)–C–C–N with tert-alkyl or cyclic N) is 2. The summed E-state index contributed by atoms with van der Waals surface area (Å²) in [7, 11) is 0. The average Bonchev–Trinajstić information content (AvgIpc) is 3.88. The van der Waals surface area contributed by atoms with Crippen molar-refractivity contribution in [3.8, 4) is 0 Å². The SMILES string of the molecule is CC(c1ccc(Cl)cc1Cl)n1nc(C(F)(F)F)c2ncc(N3CC(C4CCCN(CCO)C4)C3)nc21.C[C@H](c1ccc(Cl)cc1Cl)n1nc(C(F)(F)F)c2ncc(N3CC([C@H]4CCCN(CCO)C4)C3)nc21. The first kappa shape index (κ1) is 52.6. The van der Waals surface area contributed by atoms with Gasteiger partial charge in [0.05, 0.1) is 37.7 Å². The number of anilines is 2. The molecule has 4 aromatic heterocycles. The third-order valence-electron chi connectivity index (χ3n) is 14.6. The van der Waals surface area contributed by atoms with Gasteiger partial charge in [0, 0.05) is 72.4 Å². The standard InChI is InChI=1S/2C24H27Cl2F3N6O/c2*1-14(18-5-4-17(25)9-19(18)26)35-23-21(22(32-35)24(27,28)29)30-10-20(31-23)34-12-16(13-34)15-3-2-6-33(11-15)7-8-36/h2*4-5,9-10,14-16,36H,2-3,6-8,11-13H2,1H3/t14-,15+;/m1./s1. The lowest BCUT2D eigenvalue weighted by atomic mass is 9.80. The van der Waals surface area contributed by atoms with E-state index in [1.54, 1.807) is 50.2 Å². The Morgan fingerprint density at radius 2 is 0.972 bits per heavy atom. The largest absolute Gasteiger partial charge is 0.437 e.